The zero-order valence-corrected chi connectivity index (χ0v) is 19.1. The van der Waals surface area contributed by atoms with Gasteiger partial charge >= 0.3 is 0 Å². The van der Waals surface area contributed by atoms with Crippen molar-refractivity contribution < 1.29 is 9.53 Å². The van der Waals surface area contributed by atoms with Crippen molar-refractivity contribution in [3.8, 4) is 16.9 Å². The predicted octanol–water partition coefficient (Wildman–Crippen LogP) is 6.06. The molecule has 0 radical (unpaired) electrons. The number of allylic oxidation sites excluding steroid dienone is 3. The van der Waals surface area contributed by atoms with E-state index in [4.69, 9.17) is 4.74 Å². The number of hydrogen-bond donors (Lipinski definition) is 0. The van der Waals surface area contributed by atoms with E-state index in [0.717, 1.165) is 61.3 Å². The van der Waals surface area contributed by atoms with E-state index in [2.05, 4.69) is 49.0 Å². The molecule has 0 N–H and O–H groups in total. The quantitative estimate of drug-likeness (QED) is 0.397. The van der Waals surface area contributed by atoms with Gasteiger partial charge < -0.3 is 9.64 Å². The van der Waals surface area contributed by atoms with Gasteiger partial charge in [-0.25, -0.2) is 0 Å². The van der Waals surface area contributed by atoms with Gasteiger partial charge in [-0.1, -0.05) is 42.5 Å². The van der Waals surface area contributed by atoms with Crippen molar-refractivity contribution in [2.75, 3.05) is 13.1 Å². The average molecular weight is 429 g/mol. The maximum absolute atomic E-state index is 12.2. The Labute approximate surface area is 191 Å². The van der Waals surface area contributed by atoms with Crippen molar-refractivity contribution in [1.82, 2.24) is 4.90 Å². The molecule has 0 bridgehead atoms. The summed E-state index contributed by atoms with van der Waals surface area (Å²) in [6.45, 7) is 9.47. The van der Waals surface area contributed by atoms with Gasteiger partial charge in [0, 0.05) is 37.4 Å². The van der Waals surface area contributed by atoms with Crippen LogP contribution in [0.3, 0.4) is 0 Å². The summed E-state index contributed by atoms with van der Waals surface area (Å²) in [5, 5.41) is 0. The molecular formula is C28H32N2O2. The van der Waals surface area contributed by atoms with Crippen LogP contribution in [0.2, 0.25) is 0 Å². The van der Waals surface area contributed by atoms with Crippen LogP contribution in [-0.4, -0.2) is 36.7 Å². The highest BCUT2D eigenvalue weighted by Crippen LogP contribution is 2.33. The summed E-state index contributed by atoms with van der Waals surface area (Å²) in [6, 6.07) is 14.6. The fourth-order valence-corrected chi connectivity index (χ4v) is 4.33. The molecule has 1 saturated carbocycles. The first kappa shape index (κ1) is 22.1. The molecule has 32 heavy (non-hydrogen) atoms. The van der Waals surface area contributed by atoms with Crippen molar-refractivity contribution >= 4 is 18.3 Å². The Balaban J connectivity index is 1.42. The van der Waals surface area contributed by atoms with E-state index in [-0.39, 0.29) is 6.10 Å². The van der Waals surface area contributed by atoms with E-state index in [1.807, 2.05) is 42.2 Å². The molecule has 1 aliphatic carbocycles. The Morgan fingerprint density at radius 1 is 1.09 bits per heavy atom. The largest absolute Gasteiger partial charge is 0.490 e. The number of piperidine rings is 1. The monoisotopic (exact) mass is 428 g/mol. The highest BCUT2D eigenvalue weighted by Gasteiger charge is 2.35. The van der Waals surface area contributed by atoms with Crippen LogP contribution in [0.25, 0.3) is 16.8 Å². The lowest BCUT2D eigenvalue weighted by molar-refractivity contribution is -0.134. The van der Waals surface area contributed by atoms with Gasteiger partial charge in [-0.05, 0) is 68.3 Å². The third-order valence-corrected chi connectivity index (χ3v) is 6.37. The van der Waals surface area contributed by atoms with Crippen LogP contribution < -0.4 is 4.74 Å². The zero-order chi connectivity index (χ0) is 22.5. The van der Waals surface area contributed by atoms with Gasteiger partial charge in [0.15, 0.2) is 0 Å². The number of carbonyl (C=O) groups excluding carboxylic acids is 1. The summed E-state index contributed by atoms with van der Waals surface area (Å²) in [4.78, 5) is 18.5. The summed E-state index contributed by atoms with van der Waals surface area (Å²) in [6.07, 6.45) is 10.1. The Kier molecular flexibility index (Phi) is 6.89. The van der Waals surface area contributed by atoms with Crippen molar-refractivity contribution in [2.45, 2.75) is 45.6 Å². The topological polar surface area (TPSA) is 41.9 Å². The van der Waals surface area contributed by atoms with E-state index in [0.29, 0.717) is 11.8 Å². The molecular weight excluding hydrogens is 396 g/mol. The molecule has 2 fully saturated rings. The maximum Gasteiger partial charge on any atom is 0.225 e. The number of carbonyl (C=O) groups is 1. The molecule has 0 spiro atoms. The van der Waals surface area contributed by atoms with E-state index in [1.54, 1.807) is 0 Å². The van der Waals surface area contributed by atoms with Crippen molar-refractivity contribution in [1.29, 1.82) is 0 Å². The summed E-state index contributed by atoms with van der Waals surface area (Å²) in [5.41, 5.74) is 5.46. The second-order valence-corrected chi connectivity index (χ2v) is 8.66. The van der Waals surface area contributed by atoms with Crippen molar-refractivity contribution in [3.63, 3.8) is 0 Å². The smallest absolute Gasteiger partial charge is 0.225 e. The van der Waals surface area contributed by atoms with Gasteiger partial charge in [0.1, 0.15) is 11.9 Å². The first-order valence-corrected chi connectivity index (χ1v) is 11.6. The summed E-state index contributed by atoms with van der Waals surface area (Å²) < 4.78 is 6.23. The fraction of sp³-hybridized carbons (Fsp3) is 0.357. The molecule has 1 saturated heterocycles. The molecule has 4 heteroatoms. The Morgan fingerprint density at radius 3 is 2.44 bits per heavy atom. The second kappa shape index (κ2) is 9.99. The van der Waals surface area contributed by atoms with Crippen LogP contribution in [0.5, 0.6) is 5.75 Å². The normalized spacial score (nSPS) is 17.6. The minimum atomic E-state index is 0.173. The standard InChI is InChI=1S/C28H32N2O2/c1-4-5-9-27(29-3)26-8-6-7-25(20(26)2)21-12-14-23(15-13-21)32-24-16-18-30(19-17-24)28(31)22-10-11-22/h4-9,12-15,22,24H,3,10-11,16-19H2,1-2H3/b5-4-,27-9-. The minimum Gasteiger partial charge on any atom is -0.490 e. The van der Waals surface area contributed by atoms with Gasteiger partial charge in [-0.2, -0.15) is 0 Å². The Hall–Kier alpha value is -3.14. The molecule has 2 aliphatic rings. The number of rotatable bonds is 7. The first-order valence-electron chi connectivity index (χ1n) is 11.6. The molecule has 4 rings (SSSR count). The molecule has 0 unspecified atom stereocenters. The Morgan fingerprint density at radius 2 is 1.81 bits per heavy atom. The van der Waals surface area contributed by atoms with E-state index >= 15 is 0 Å². The SMILES string of the molecule is C=N/C(=C\C=C/C)c1cccc(-c2ccc(OC3CCN(C(=O)C4CC4)CC3)cc2)c1C. The number of likely N-dealkylation sites (tertiary alicyclic amines) is 1. The lowest BCUT2D eigenvalue weighted by atomic mass is 9.95. The molecule has 2 aromatic carbocycles. The molecule has 2 aromatic rings. The third-order valence-electron chi connectivity index (χ3n) is 6.37. The molecule has 0 aromatic heterocycles. The average Bonchev–Trinajstić information content (AvgIpc) is 3.67. The molecule has 166 valence electrons. The number of nitrogens with zero attached hydrogens (tertiary/aromatic N) is 2. The van der Waals surface area contributed by atoms with E-state index in [9.17, 15) is 4.79 Å². The van der Waals surface area contributed by atoms with Crippen LogP contribution in [0.1, 0.15) is 43.7 Å². The fourth-order valence-electron chi connectivity index (χ4n) is 4.33. The highest BCUT2D eigenvalue weighted by atomic mass is 16.5. The molecule has 4 nitrogen and oxygen atoms in total. The lowest BCUT2D eigenvalue weighted by Crippen LogP contribution is -2.42. The van der Waals surface area contributed by atoms with Gasteiger partial charge in [0.2, 0.25) is 5.91 Å². The van der Waals surface area contributed by atoms with Crippen molar-refractivity contribution in [3.05, 3.63) is 71.8 Å². The summed E-state index contributed by atoms with van der Waals surface area (Å²) in [5.74, 6) is 1.54. The number of hydrogen-bond acceptors (Lipinski definition) is 3. The summed E-state index contributed by atoms with van der Waals surface area (Å²) in [7, 11) is 0. The van der Waals surface area contributed by atoms with Crippen LogP contribution in [0.4, 0.5) is 0 Å². The number of amides is 1. The van der Waals surface area contributed by atoms with Crippen molar-refractivity contribution in [2.24, 2.45) is 10.9 Å². The first-order chi connectivity index (χ1) is 15.6. The molecule has 1 aliphatic heterocycles. The number of aliphatic imine (C=N–C) groups is 1. The molecule has 1 amide bonds. The number of benzene rings is 2. The molecule has 1 heterocycles. The van der Waals surface area contributed by atoms with Gasteiger partial charge in [-0.15, -0.1) is 0 Å². The van der Waals surface area contributed by atoms with E-state index in [1.165, 1.54) is 11.1 Å². The molecule has 0 atom stereocenters. The Bertz CT molecular complexity index is 1020. The van der Waals surface area contributed by atoms with Gasteiger partial charge in [0.05, 0.1) is 5.70 Å². The van der Waals surface area contributed by atoms with Crippen LogP contribution in [0, 0.1) is 12.8 Å². The van der Waals surface area contributed by atoms with Gasteiger partial charge in [0.25, 0.3) is 0 Å². The minimum absolute atomic E-state index is 0.173. The second-order valence-electron chi connectivity index (χ2n) is 8.66. The van der Waals surface area contributed by atoms with Crippen LogP contribution >= 0.6 is 0 Å². The third kappa shape index (κ3) is 5.01. The van der Waals surface area contributed by atoms with E-state index < -0.39 is 0 Å². The van der Waals surface area contributed by atoms with Crippen LogP contribution in [-0.2, 0) is 4.79 Å². The van der Waals surface area contributed by atoms with Crippen LogP contribution in [0.15, 0.2) is 65.7 Å². The van der Waals surface area contributed by atoms with Gasteiger partial charge in [-0.3, -0.25) is 9.79 Å². The predicted molar refractivity (Wildman–Crippen MR) is 132 cm³/mol. The highest BCUT2D eigenvalue weighted by molar-refractivity contribution is 5.81. The summed E-state index contributed by atoms with van der Waals surface area (Å²) >= 11 is 0. The zero-order valence-electron chi connectivity index (χ0n) is 19.1. The number of ether oxygens (including phenoxy) is 1. The lowest BCUT2D eigenvalue weighted by Gasteiger charge is -2.32. The maximum atomic E-state index is 12.2.